The summed E-state index contributed by atoms with van der Waals surface area (Å²) in [6.45, 7) is 4.30. The van der Waals surface area contributed by atoms with Crippen LogP contribution in [0.1, 0.15) is 25.6 Å². The predicted molar refractivity (Wildman–Crippen MR) is 106 cm³/mol. The van der Waals surface area contributed by atoms with E-state index in [1.807, 2.05) is 24.3 Å². The Bertz CT molecular complexity index is 1010. The summed E-state index contributed by atoms with van der Waals surface area (Å²) >= 11 is 0. The standard InChI is InChI=1S/C23H21N3.Ir/c1-17(2)22-24-25-23(19-12-7-4-8-13-19)26(22)21-15-9-14-20(16-21)18-10-5-3-6-11-18;/h3-17H,1-2H3;/q;+3. The van der Waals surface area contributed by atoms with Crippen LogP contribution in [0.3, 0.4) is 0 Å². The Balaban J connectivity index is 0.00000210. The monoisotopic (exact) mass is 532 g/mol. The molecular weight excluding hydrogens is 510 g/mol. The number of aromatic nitrogens is 3. The van der Waals surface area contributed by atoms with Crippen LogP contribution < -0.4 is 0 Å². The third-order valence-corrected chi connectivity index (χ3v) is 4.45. The number of hydrogen-bond donors (Lipinski definition) is 0. The van der Waals surface area contributed by atoms with E-state index in [1.165, 1.54) is 11.1 Å². The fourth-order valence-electron chi connectivity index (χ4n) is 3.15. The second-order valence-corrected chi connectivity index (χ2v) is 6.65. The average Bonchev–Trinajstić information content (AvgIpc) is 3.15. The van der Waals surface area contributed by atoms with Crippen molar-refractivity contribution < 1.29 is 20.1 Å². The molecule has 0 bridgehead atoms. The summed E-state index contributed by atoms with van der Waals surface area (Å²) in [5.74, 6) is 2.12. The summed E-state index contributed by atoms with van der Waals surface area (Å²) in [6, 6.07) is 29.2. The quantitative estimate of drug-likeness (QED) is 0.337. The second-order valence-electron chi connectivity index (χ2n) is 6.65. The molecule has 4 heteroatoms. The van der Waals surface area contributed by atoms with Crippen molar-refractivity contribution >= 4 is 0 Å². The van der Waals surface area contributed by atoms with Gasteiger partial charge in [0.2, 0.25) is 0 Å². The molecule has 27 heavy (non-hydrogen) atoms. The molecule has 0 saturated heterocycles. The van der Waals surface area contributed by atoms with Gasteiger partial charge in [0.15, 0.2) is 5.82 Å². The summed E-state index contributed by atoms with van der Waals surface area (Å²) in [7, 11) is 0. The molecule has 0 saturated carbocycles. The van der Waals surface area contributed by atoms with Crippen molar-refractivity contribution in [3.63, 3.8) is 0 Å². The number of hydrogen-bond acceptors (Lipinski definition) is 2. The van der Waals surface area contributed by atoms with E-state index in [0.29, 0.717) is 0 Å². The summed E-state index contributed by atoms with van der Waals surface area (Å²) in [4.78, 5) is 0. The fraction of sp³-hybridized carbons (Fsp3) is 0.130. The van der Waals surface area contributed by atoms with E-state index in [4.69, 9.17) is 0 Å². The van der Waals surface area contributed by atoms with Gasteiger partial charge in [-0.05, 0) is 23.3 Å². The number of benzene rings is 3. The summed E-state index contributed by atoms with van der Waals surface area (Å²) < 4.78 is 2.17. The summed E-state index contributed by atoms with van der Waals surface area (Å²) in [5.41, 5.74) is 4.54. The molecule has 0 unspecified atom stereocenters. The molecule has 0 spiro atoms. The first-order valence-electron chi connectivity index (χ1n) is 8.90. The van der Waals surface area contributed by atoms with Crippen LogP contribution in [0.5, 0.6) is 0 Å². The maximum absolute atomic E-state index is 4.50. The minimum atomic E-state index is 0. The van der Waals surface area contributed by atoms with Crippen molar-refractivity contribution in [1.29, 1.82) is 0 Å². The molecule has 4 aromatic rings. The van der Waals surface area contributed by atoms with Crippen LogP contribution >= 0.6 is 0 Å². The molecule has 0 aliphatic carbocycles. The van der Waals surface area contributed by atoms with E-state index < -0.39 is 0 Å². The first-order valence-corrected chi connectivity index (χ1v) is 8.90. The largest absolute Gasteiger partial charge is 3.00 e. The van der Waals surface area contributed by atoms with Gasteiger partial charge in [0, 0.05) is 17.2 Å². The minimum Gasteiger partial charge on any atom is -0.279 e. The maximum atomic E-state index is 4.50. The first kappa shape index (κ1) is 19.2. The van der Waals surface area contributed by atoms with Gasteiger partial charge in [-0.3, -0.25) is 4.57 Å². The van der Waals surface area contributed by atoms with Crippen LogP contribution in [0.15, 0.2) is 84.9 Å². The molecule has 0 aliphatic heterocycles. The number of rotatable bonds is 4. The fourth-order valence-corrected chi connectivity index (χ4v) is 3.15. The van der Waals surface area contributed by atoms with Crippen molar-refractivity contribution in [2.24, 2.45) is 0 Å². The smallest absolute Gasteiger partial charge is 0.279 e. The Hall–Kier alpha value is -2.55. The number of nitrogens with zero attached hydrogens (tertiary/aromatic N) is 3. The molecule has 3 aromatic carbocycles. The normalized spacial score (nSPS) is 10.6. The second kappa shape index (κ2) is 8.43. The van der Waals surface area contributed by atoms with Crippen molar-refractivity contribution in [2.75, 3.05) is 0 Å². The zero-order valence-corrected chi connectivity index (χ0v) is 17.7. The molecule has 1 heterocycles. The van der Waals surface area contributed by atoms with Crippen molar-refractivity contribution in [3.8, 4) is 28.2 Å². The van der Waals surface area contributed by atoms with E-state index in [2.05, 4.69) is 89.3 Å². The van der Waals surface area contributed by atoms with Gasteiger partial charge in [0.25, 0.3) is 0 Å². The Morgan fingerprint density at radius 1 is 0.667 bits per heavy atom. The van der Waals surface area contributed by atoms with Gasteiger partial charge in [0.05, 0.1) is 0 Å². The molecule has 0 radical (unpaired) electrons. The molecule has 0 fully saturated rings. The summed E-state index contributed by atoms with van der Waals surface area (Å²) in [5, 5.41) is 8.98. The Morgan fingerprint density at radius 3 is 1.89 bits per heavy atom. The van der Waals surface area contributed by atoms with E-state index in [1.54, 1.807) is 0 Å². The van der Waals surface area contributed by atoms with Gasteiger partial charge in [0.1, 0.15) is 5.82 Å². The van der Waals surface area contributed by atoms with Gasteiger partial charge in [-0.1, -0.05) is 86.6 Å². The first-order chi connectivity index (χ1) is 12.7. The molecular formula is C23H21IrN3+3. The molecule has 1 aromatic heterocycles. The van der Waals surface area contributed by atoms with Crippen LogP contribution in [0.2, 0.25) is 0 Å². The van der Waals surface area contributed by atoms with Gasteiger partial charge in [-0.2, -0.15) is 0 Å². The molecule has 0 N–H and O–H groups in total. The van der Waals surface area contributed by atoms with Crippen LogP contribution in [0.25, 0.3) is 28.2 Å². The SMILES string of the molecule is CC(C)c1nnc(-c2ccccc2)n1-c1cccc(-c2ccccc2)c1.[Ir+3]. The Kier molecular flexibility index (Phi) is 6.00. The zero-order valence-electron chi connectivity index (χ0n) is 15.3. The Labute approximate surface area is 173 Å². The molecule has 3 nitrogen and oxygen atoms in total. The van der Waals surface area contributed by atoms with Crippen LogP contribution in [0.4, 0.5) is 0 Å². The van der Waals surface area contributed by atoms with Crippen LogP contribution in [0, 0.1) is 0 Å². The molecule has 134 valence electrons. The van der Waals surface area contributed by atoms with Crippen molar-refractivity contribution in [1.82, 2.24) is 14.8 Å². The van der Waals surface area contributed by atoms with Crippen LogP contribution in [-0.4, -0.2) is 14.8 Å². The van der Waals surface area contributed by atoms with Crippen molar-refractivity contribution in [2.45, 2.75) is 19.8 Å². The van der Waals surface area contributed by atoms with Gasteiger partial charge in [-0.15, -0.1) is 10.2 Å². The Morgan fingerprint density at radius 2 is 1.26 bits per heavy atom. The van der Waals surface area contributed by atoms with E-state index in [0.717, 1.165) is 22.9 Å². The van der Waals surface area contributed by atoms with Gasteiger partial charge < -0.3 is 0 Å². The van der Waals surface area contributed by atoms with E-state index in [-0.39, 0.29) is 26.0 Å². The molecule has 4 rings (SSSR count). The average molecular weight is 532 g/mol. The van der Waals surface area contributed by atoms with E-state index >= 15 is 0 Å². The van der Waals surface area contributed by atoms with Gasteiger partial charge in [-0.25, -0.2) is 0 Å². The zero-order chi connectivity index (χ0) is 17.9. The minimum absolute atomic E-state index is 0. The summed E-state index contributed by atoms with van der Waals surface area (Å²) in [6.07, 6.45) is 0. The van der Waals surface area contributed by atoms with Crippen LogP contribution in [-0.2, 0) is 20.1 Å². The maximum Gasteiger partial charge on any atom is 3.00 e. The van der Waals surface area contributed by atoms with Crippen molar-refractivity contribution in [3.05, 3.63) is 90.8 Å². The molecule has 0 aliphatic rings. The molecule has 0 amide bonds. The topological polar surface area (TPSA) is 30.7 Å². The van der Waals surface area contributed by atoms with E-state index in [9.17, 15) is 0 Å². The third kappa shape index (κ3) is 3.92. The predicted octanol–water partition coefficient (Wildman–Crippen LogP) is 5.72. The third-order valence-electron chi connectivity index (χ3n) is 4.45. The molecule has 0 atom stereocenters. The van der Waals surface area contributed by atoms with Gasteiger partial charge >= 0.3 is 20.1 Å².